The number of fused-ring (bicyclic) bond motifs is 1. The molecule has 0 amide bonds. The number of anilines is 1. The molecule has 0 radical (unpaired) electrons. The fourth-order valence-corrected chi connectivity index (χ4v) is 3.90. The highest BCUT2D eigenvalue weighted by Gasteiger charge is 2.36. The molecule has 8 nitrogen and oxygen atoms in total. The molecule has 3 N–H and O–H groups in total. The van der Waals surface area contributed by atoms with Crippen molar-refractivity contribution in [2.24, 2.45) is 0 Å². The molecule has 0 saturated carbocycles. The number of nitrogens with zero attached hydrogens (tertiary/aromatic N) is 4. The molecule has 0 aliphatic rings. The SMILES string of the molecule is CCC(OCOC)(c1ccncc1)c1cc(-c2c[nH]c3ncc(Br)cc23)nc(N)n1. The first-order valence-electron chi connectivity index (χ1n) is 9.39. The van der Waals surface area contributed by atoms with Crippen LogP contribution in [0.4, 0.5) is 5.95 Å². The quantitative estimate of drug-likeness (QED) is 0.393. The van der Waals surface area contributed by atoms with E-state index in [-0.39, 0.29) is 12.7 Å². The van der Waals surface area contributed by atoms with Crippen LogP contribution in [0.25, 0.3) is 22.3 Å². The number of halogens is 1. The molecule has 0 aromatic carbocycles. The van der Waals surface area contributed by atoms with Gasteiger partial charge in [0.25, 0.3) is 0 Å². The van der Waals surface area contributed by atoms with E-state index in [1.165, 1.54) is 0 Å². The number of aromatic amines is 1. The average Bonchev–Trinajstić information content (AvgIpc) is 3.18. The Hall–Kier alpha value is -2.88. The molecule has 4 aromatic heterocycles. The van der Waals surface area contributed by atoms with Gasteiger partial charge in [-0.05, 0) is 52.2 Å². The number of rotatable bonds is 7. The highest BCUT2D eigenvalue weighted by molar-refractivity contribution is 9.10. The van der Waals surface area contributed by atoms with E-state index in [2.05, 4.69) is 40.8 Å². The zero-order chi connectivity index (χ0) is 21.1. The second-order valence-corrected chi connectivity index (χ2v) is 7.63. The van der Waals surface area contributed by atoms with E-state index in [1.54, 1.807) is 25.7 Å². The second kappa shape index (κ2) is 8.47. The lowest BCUT2D eigenvalue weighted by atomic mass is 9.87. The first-order valence-corrected chi connectivity index (χ1v) is 10.2. The van der Waals surface area contributed by atoms with E-state index in [9.17, 15) is 0 Å². The maximum absolute atomic E-state index is 6.21. The lowest BCUT2D eigenvalue weighted by Gasteiger charge is -2.33. The van der Waals surface area contributed by atoms with Crippen molar-refractivity contribution in [3.05, 3.63) is 64.8 Å². The number of nitrogens with one attached hydrogen (secondary N) is 1. The molecule has 4 rings (SSSR count). The summed E-state index contributed by atoms with van der Waals surface area (Å²) in [5.74, 6) is 0.160. The maximum Gasteiger partial charge on any atom is 0.220 e. The minimum Gasteiger partial charge on any atom is -0.368 e. The molecule has 30 heavy (non-hydrogen) atoms. The number of H-pyrrole nitrogens is 1. The number of nitrogens with two attached hydrogens (primary N) is 1. The van der Waals surface area contributed by atoms with Gasteiger partial charge in [-0.1, -0.05) is 6.92 Å². The zero-order valence-electron chi connectivity index (χ0n) is 16.6. The monoisotopic (exact) mass is 468 g/mol. The smallest absolute Gasteiger partial charge is 0.220 e. The summed E-state index contributed by atoms with van der Waals surface area (Å²) in [6, 6.07) is 7.71. The van der Waals surface area contributed by atoms with Gasteiger partial charge in [-0.25, -0.2) is 15.0 Å². The first kappa shape index (κ1) is 20.4. The van der Waals surface area contributed by atoms with Gasteiger partial charge in [0.1, 0.15) is 18.0 Å². The van der Waals surface area contributed by atoms with E-state index in [0.29, 0.717) is 17.8 Å². The summed E-state index contributed by atoms with van der Waals surface area (Å²) in [6.45, 7) is 2.13. The summed E-state index contributed by atoms with van der Waals surface area (Å²) in [4.78, 5) is 20.7. The van der Waals surface area contributed by atoms with Crippen molar-refractivity contribution in [3.8, 4) is 11.3 Å². The van der Waals surface area contributed by atoms with Crippen molar-refractivity contribution in [3.63, 3.8) is 0 Å². The molecule has 0 aliphatic carbocycles. The van der Waals surface area contributed by atoms with E-state index in [0.717, 1.165) is 26.6 Å². The van der Waals surface area contributed by atoms with Crippen molar-refractivity contribution in [2.45, 2.75) is 18.9 Å². The Balaban J connectivity index is 1.91. The number of hydrogen-bond acceptors (Lipinski definition) is 7. The Bertz CT molecular complexity index is 1170. The van der Waals surface area contributed by atoms with Gasteiger partial charge in [0.15, 0.2) is 0 Å². The third-order valence-corrected chi connectivity index (χ3v) is 5.43. The minimum atomic E-state index is -0.865. The lowest BCUT2D eigenvalue weighted by molar-refractivity contribution is -0.119. The van der Waals surface area contributed by atoms with Crippen molar-refractivity contribution in [1.29, 1.82) is 0 Å². The topological polar surface area (TPSA) is 112 Å². The third-order valence-electron chi connectivity index (χ3n) is 5.00. The zero-order valence-corrected chi connectivity index (χ0v) is 18.2. The van der Waals surface area contributed by atoms with Crippen LogP contribution in [0.1, 0.15) is 24.6 Å². The Morgan fingerprint density at radius 1 is 1.20 bits per heavy atom. The molecular weight excluding hydrogens is 448 g/mol. The highest BCUT2D eigenvalue weighted by Crippen LogP contribution is 2.38. The standard InChI is InChI=1S/C21H21BrN6O2/c1-3-21(30-12-29-2,13-4-6-24-7-5-13)18-9-17(27-20(23)28-18)16-11-26-19-15(16)8-14(22)10-25-19/h4-11H,3,12H2,1-2H3,(H,25,26)(H2,23,27,28). The van der Waals surface area contributed by atoms with Gasteiger partial charge >= 0.3 is 0 Å². The van der Waals surface area contributed by atoms with Gasteiger partial charge in [-0.3, -0.25) is 4.98 Å². The molecule has 1 atom stereocenters. The van der Waals surface area contributed by atoms with Crippen LogP contribution in [-0.4, -0.2) is 38.8 Å². The normalized spacial score (nSPS) is 13.4. The maximum atomic E-state index is 6.21. The Labute approximate surface area is 182 Å². The van der Waals surface area contributed by atoms with Gasteiger partial charge in [0.2, 0.25) is 5.95 Å². The summed E-state index contributed by atoms with van der Waals surface area (Å²) >= 11 is 3.48. The molecule has 4 heterocycles. The predicted molar refractivity (Wildman–Crippen MR) is 118 cm³/mol. The Kier molecular flexibility index (Phi) is 5.76. The fraction of sp³-hybridized carbons (Fsp3) is 0.238. The molecule has 4 aromatic rings. The summed E-state index contributed by atoms with van der Waals surface area (Å²) < 4.78 is 12.3. The fourth-order valence-electron chi connectivity index (χ4n) is 3.57. The molecule has 0 fully saturated rings. The Morgan fingerprint density at radius 3 is 2.73 bits per heavy atom. The largest absolute Gasteiger partial charge is 0.368 e. The third kappa shape index (κ3) is 3.67. The van der Waals surface area contributed by atoms with Crippen molar-refractivity contribution in [1.82, 2.24) is 24.9 Å². The van der Waals surface area contributed by atoms with E-state index >= 15 is 0 Å². The van der Waals surface area contributed by atoms with Gasteiger partial charge in [-0.15, -0.1) is 0 Å². The first-order chi connectivity index (χ1) is 14.6. The molecule has 0 saturated heterocycles. The summed E-state index contributed by atoms with van der Waals surface area (Å²) in [5, 5.41) is 0.928. The highest BCUT2D eigenvalue weighted by atomic mass is 79.9. The van der Waals surface area contributed by atoms with Crippen LogP contribution in [0.2, 0.25) is 0 Å². The summed E-state index contributed by atoms with van der Waals surface area (Å²) in [5.41, 5.74) is 9.14. The summed E-state index contributed by atoms with van der Waals surface area (Å²) in [7, 11) is 1.59. The Morgan fingerprint density at radius 2 is 2.00 bits per heavy atom. The molecular formula is C21H21BrN6O2. The number of ether oxygens (including phenoxy) is 2. The number of methoxy groups -OCH3 is 1. The number of nitrogen functional groups attached to an aromatic ring is 1. The summed E-state index contributed by atoms with van der Waals surface area (Å²) in [6.07, 6.45) is 7.67. The van der Waals surface area contributed by atoms with Crippen LogP contribution in [0, 0.1) is 0 Å². The molecule has 0 spiro atoms. The van der Waals surface area contributed by atoms with Crippen molar-refractivity contribution >= 4 is 32.9 Å². The molecule has 0 bridgehead atoms. The van der Waals surface area contributed by atoms with Crippen LogP contribution in [0.5, 0.6) is 0 Å². The van der Waals surface area contributed by atoms with E-state index < -0.39 is 5.60 Å². The second-order valence-electron chi connectivity index (χ2n) is 6.72. The van der Waals surface area contributed by atoms with Gasteiger partial charge in [-0.2, -0.15) is 0 Å². The molecule has 9 heteroatoms. The lowest BCUT2D eigenvalue weighted by Crippen LogP contribution is -2.33. The van der Waals surface area contributed by atoms with E-state index in [1.807, 2.05) is 37.4 Å². The predicted octanol–water partition coefficient (Wildman–Crippen LogP) is 4.03. The van der Waals surface area contributed by atoms with Gasteiger partial charge < -0.3 is 20.2 Å². The average molecular weight is 469 g/mol. The molecule has 1 unspecified atom stereocenters. The van der Waals surface area contributed by atoms with Gasteiger partial charge in [0.05, 0.1) is 11.4 Å². The van der Waals surface area contributed by atoms with Crippen molar-refractivity contribution in [2.75, 3.05) is 19.6 Å². The van der Waals surface area contributed by atoms with Crippen molar-refractivity contribution < 1.29 is 9.47 Å². The van der Waals surface area contributed by atoms with Crippen LogP contribution >= 0.6 is 15.9 Å². The molecule has 154 valence electrons. The van der Waals surface area contributed by atoms with Crippen LogP contribution in [0.3, 0.4) is 0 Å². The van der Waals surface area contributed by atoms with Crippen LogP contribution < -0.4 is 5.73 Å². The number of hydrogen-bond donors (Lipinski definition) is 2. The van der Waals surface area contributed by atoms with Crippen LogP contribution in [-0.2, 0) is 15.1 Å². The molecule has 0 aliphatic heterocycles. The van der Waals surface area contributed by atoms with E-state index in [4.69, 9.17) is 15.2 Å². The number of aromatic nitrogens is 5. The van der Waals surface area contributed by atoms with Crippen LogP contribution in [0.15, 0.2) is 53.5 Å². The number of pyridine rings is 2. The minimum absolute atomic E-state index is 0.0966. The van der Waals surface area contributed by atoms with Gasteiger partial charge in [0, 0.05) is 47.3 Å².